The highest BCUT2D eigenvalue weighted by molar-refractivity contribution is 6.09. The summed E-state index contributed by atoms with van der Waals surface area (Å²) in [6.45, 7) is 4.24. The molecule has 1 N–H and O–H groups in total. The molecule has 1 amide bonds. The van der Waals surface area contributed by atoms with Crippen LogP contribution in [-0.4, -0.2) is 10.8 Å². The Hall–Kier alpha value is -3.46. The molecule has 0 fully saturated rings. The van der Waals surface area contributed by atoms with Crippen molar-refractivity contribution in [3.63, 3.8) is 0 Å². The zero-order valence-corrected chi connectivity index (χ0v) is 14.6. The van der Waals surface area contributed by atoms with Crippen molar-refractivity contribution < 1.29 is 9.72 Å². The van der Waals surface area contributed by atoms with Crippen molar-refractivity contribution in [2.24, 2.45) is 0 Å². The van der Waals surface area contributed by atoms with Gasteiger partial charge in [-0.3, -0.25) is 14.9 Å². The average Bonchev–Trinajstić information content (AvgIpc) is 2.66. The molecule has 2 aromatic rings. The molecule has 0 unspecified atom stereocenters. The van der Waals surface area contributed by atoms with Gasteiger partial charge in [-0.05, 0) is 41.7 Å². The molecule has 6 nitrogen and oxygen atoms in total. The molecule has 2 aromatic carbocycles. The Balaban J connectivity index is 2.17. The molecule has 0 aromatic heterocycles. The zero-order chi connectivity index (χ0) is 19.1. The lowest BCUT2D eigenvalue weighted by Crippen LogP contribution is -2.13. The van der Waals surface area contributed by atoms with Gasteiger partial charge in [0.25, 0.3) is 11.6 Å². The number of anilines is 1. The van der Waals surface area contributed by atoms with E-state index in [1.165, 1.54) is 29.8 Å². The number of hydrogen-bond acceptors (Lipinski definition) is 4. The number of nitro groups is 1. The molecule has 2 rings (SSSR count). The molecule has 1 atom stereocenters. The van der Waals surface area contributed by atoms with E-state index < -0.39 is 10.8 Å². The lowest BCUT2D eigenvalue weighted by atomic mass is 9.98. The number of benzene rings is 2. The van der Waals surface area contributed by atoms with Crippen LogP contribution in [-0.2, 0) is 4.79 Å². The van der Waals surface area contributed by atoms with Crippen molar-refractivity contribution in [3.05, 3.63) is 75.3 Å². The summed E-state index contributed by atoms with van der Waals surface area (Å²) in [5.74, 6) is -0.126. The first-order valence-corrected chi connectivity index (χ1v) is 8.22. The summed E-state index contributed by atoms with van der Waals surface area (Å²) in [6, 6.07) is 15.1. The van der Waals surface area contributed by atoms with Gasteiger partial charge in [0, 0.05) is 17.8 Å². The highest BCUT2D eigenvalue weighted by atomic mass is 16.6. The molecule has 0 saturated carbocycles. The fraction of sp³-hybridized carbons (Fsp3) is 0.200. The fourth-order valence-electron chi connectivity index (χ4n) is 2.37. The smallest absolute Gasteiger partial charge is 0.270 e. The van der Waals surface area contributed by atoms with E-state index >= 15 is 0 Å². The largest absolute Gasteiger partial charge is 0.321 e. The van der Waals surface area contributed by atoms with E-state index in [1.807, 2.05) is 18.2 Å². The van der Waals surface area contributed by atoms with Gasteiger partial charge in [0.1, 0.15) is 11.6 Å². The lowest BCUT2D eigenvalue weighted by Gasteiger charge is -2.10. The molecule has 0 aliphatic rings. The Morgan fingerprint density at radius 2 is 2.00 bits per heavy atom. The standard InChI is InChI=1S/C20H19N3O3/c1-3-14(2)16-7-9-18(10-8-16)22-20(24)17(13-21)11-15-5-4-6-19(12-15)23(25)26/h4-12,14H,3H2,1-2H3,(H,22,24)/b17-11+/t14-/m1/s1. The van der Waals surface area contributed by atoms with Crippen LogP contribution >= 0.6 is 0 Å². The summed E-state index contributed by atoms with van der Waals surface area (Å²) in [6.07, 6.45) is 2.35. The third kappa shape index (κ3) is 4.77. The van der Waals surface area contributed by atoms with E-state index in [2.05, 4.69) is 19.2 Å². The molecule has 132 valence electrons. The molecular formula is C20H19N3O3. The van der Waals surface area contributed by atoms with E-state index in [0.717, 1.165) is 6.42 Å². The maximum Gasteiger partial charge on any atom is 0.270 e. The number of rotatable bonds is 6. The van der Waals surface area contributed by atoms with E-state index in [9.17, 15) is 20.2 Å². The van der Waals surface area contributed by atoms with Crippen LogP contribution in [0.3, 0.4) is 0 Å². The van der Waals surface area contributed by atoms with Crippen LogP contribution in [0.1, 0.15) is 37.3 Å². The number of amides is 1. The molecule has 0 saturated heterocycles. The van der Waals surface area contributed by atoms with Gasteiger partial charge in [-0.15, -0.1) is 0 Å². The first-order chi connectivity index (χ1) is 12.4. The first kappa shape index (κ1) is 18.9. The number of non-ortho nitro benzene ring substituents is 1. The molecule has 26 heavy (non-hydrogen) atoms. The minimum absolute atomic E-state index is 0.0999. The molecular weight excluding hydrogens is 330 g/mol. The second-order valence-corrected chi connectivity index (χ2v) is 5.91. The zero-order valence-electron chi connectivity index (χ0n) is 14.6. The SMILES string of the molecule is CC[C@@H](C)c1ccc(NC(=O)/C(C#N)=C/c2cccc([N+](=O)[O-])c2)cc1. The van der Waals surface area contributed by atoms with Gasteiger partial charge in [0.05, 0.1) is 4.92 Å². The van der Waals surface area contributed by atoms with Crippen LogP contribution in [0.2, 0.25) is 0 Å². The maximum atomic E-state index is 12.3. The van der Waals surface area contributed by atoms with Crippen LogP contribution in [0, 0.1) is 21.4 Å². The van der Waals surface area contributed by atoms with Gasteiger partial charge in [0.15, 0.2) is 0 Å². The topological polar surface area (TPSA) is 96.0 Å². The fourth-order valence-corrected chi connectivity index (χ4v) is 2.37. The third-order valence-electron chi connectivity index (χ3n) is 4.11. The summed E-state index contributed by atoms with van der Waals surface area (Å²) in [5.41, 5.74) is 1.95. The summed E-state index contributed by atoms with van der Waals surface area (Å²) >= 11 is 0. The van der Waals surface area contributed by atoms with E-state index in [4.69, 9.17) is 0 Å². The van der Waals surface area contributed by atoms with Crippen molar-refractivity contribution in [2.45, 2.75) is 26.2 Å². The first-order valence-electron chi connectivity index (χ1n) is 8.22. The average molecular weight is 349 g/mol. The quantitative estimate of drug-likeness (QED) is 0.355. The Labute approximate surface area is 151 Å². The Bertz CT molecular complexity index is 880. The normalized spacial score (nSPS) is 12.1. The minimum Gasteiger partial charge on any atom is -0.321 e. The Morgan fingerprint density at radius 1 is 1.31 bits per heavy atom. The van der Waals surface area contributed by atoms with Crippen LogP contribution in [0.25, 0.3) is 6.08 Å². The molecule has 0 bridgehead atoms. The predicted octanol–water partition coefficient (Wildman–Crippen LogP) is 4.65. The monoisotopic (exact) mass is 349 g/mol. The van der Waals surface area contributed by atoms with Crippen molar-refractivity contribution >= 4 is 23.4 Å². The highest BCUT2D eigenvalue weighted by Gasteiger charge is 2.11. The summed E-state index contributed by atoms with van der Waals surface area (Å²) in [7, 11) is 0. The second-order valence-electron chi connectivity index (χ2n) is 5.91. The van der Waals surface area contributed by atoms with Crippen molar-refractivity contribution in [1.29, 1.82) is 5.26 Å². The number of nitrogens with zero attached hydrogens (tertiary/aromatic N) is 2. The molecule has 0 aliphatic heterocycles. The summed E-state index contributed by atoms with van der Waals surface area (Å²) in [4.78, 5) is 22.6. The number of nitrogens with one attached hydrogen (secondary N) is 1. The van der Waals surface area contributed by atoms with Crippen LogP contribution in [0.15, 0.2) is 54.1 Å². The van der Waals surface area contributed by atoms with Crippen molar-refractivity contribution in [3.8, 4) is 6.07 Å². The number of carbonyl (C=O) groups excluding carboxylic acids is 1. The van der Waals surface area contributed by atoms with Crippen molar-refractivity contribution in [1.82, 2.24) is 0 Å². The van der Waals surface area contributed by atoms with Gasteiger partial charge in [-0.2, -0.15) is 5.26 Å². The van der Waals surface area contributed by atoms with Gasteiger partial charge >= 0.3 is 0 Å². The minimum atomic E-state index is -0.560. The molecule has 0 spiro atoms. The van der Waals surface area contributed by atoms with Gasteiger partial charge < -0.3 is 5.32 Å². The van der Waals surface area contributed by atoms with Gasteiger partial charge in [-0.25, -0.2) is 0 Å². The predicted molar refractivity (Wildman–Crippen MR) is 100 cm³/mol. The van der Waals surface area contributed by atoms with E-state index in [0.29, 0.717) is 17.2 Å². The molecule has 6 heteroatoms. The molecule has 0 aliphatic carbocycles. The van der Waals surface area contributed by atoms with Crippen LogP contribution in [0.4, 0.5) is 11.4 Å². The van der Waals surface area contributed by atoms with Gasteiger partial charge in [0.2, 0.25) is 0 Å². The highest BCUT2D eigenvalue weighted by Crippen LogP contribution is 2.21. The van der Waals surface area contributed by atoms with E-state index in [1.54, 1.807) is 18.2 Å². The Morgan fingerprint density at radius 3 is 2.58 bits per heavy atom. The van der Waals surface area contributed by atoms with Crippen molar-refractivity contribution in [2.75, 3.05) is 5.32 Å². The summed E-state index contributed by atoms with van der Waals surface area (Å²) in [5, 5.41) is 22.7. The second kappa shape index (κ2) is 8.58. The third-order valence-corrected chi connectivity index (χ3v) is 4.11. The number of nitriles is 1. The van der Waals surface area contributed by atoms with Crippen LogP contribution < -0.4 is 5.32 Å². The number of nitro benzene ring substituents is 1. The molecule has 0 heterocycles. The van der Waals surface area contributed by atoms with E-state index in [-0.39, 0.29) is 11.3 Å². The van der Waals surface area contributed by atoms with Gasteiger partial charge in [-0.1, -0.05) is 38.1 Å². The lowest BCUT2D eigenvalue weighted by molar-refractivity contribution is -0.384. The maximum absolute atomic E-state index is 12.3. The Kier molecular flexibility index (Phi) is 6.23. The summed E-state index contributed by atoms with van der Waals surface area (Å²) < 4.78 is 0. The molecule has 0 radical (unpaired) electrons. The number of hydrogen-bond donors (Lipinski definition) is 1. The van der Waals surface area contributed by atoms with Crippen LogP contribution in [0.5, 0.6) is 0 Å². The number of carbonyl (C=O) groups is 1.